The molecule has 1 unspecified atom stereocenters. The maximum absolute atomic E-state index is 11.7. The predicted molar refractivity (Wildman–Crippen MR) is 62.1 cm³/mol. The maximum Gasteiger partial charge on any atom is 0.222 e. The van der Waals surface area contributed by atoms with Crippen LogP contribution < -0.4 is 5.14 Å². The summed E-state index contributed by atoms with van der Waals surface area (Å²) in [6.45, 7) is 4.40. The van der Waals surface area contributed by atoms with Crippen molar-refractivity contribution in [3.8, 4) is 0 Å². The van der Waals surface area contributed by atoms with Crippen LogP contribution >= 0.6 is 0 Å². The van der Waals surface area contributed by atoms with Crippen LogP contribution in [0.15, 0.2) is 12.7 Å². The van der Waals surface area contributed by atoms with E-state index in [0.29, 0.717) is 32.2 Å². The lowest BCUT2D eigenvalue weighted by Crippen LogP contribution is -2.46. The molecule has 0 aliphatic carbocycles. The Morgan fingerprint density at radius 3 is 2.81 bits per heavy atom. The monoisotopic (exact) mass is 246 g/mol. The van der Waals surface area contributed by atoms with Gasteiger partial charge in [-0.25, -0.2) is 13.6 Å². The number of carbonyl (C=O) groups excluding carboxylic acids is 1. The lowest BCUT2D eigenvalue weighted by molar-refractivity contribution is -0.131. The Morgan fingerprint density at radius 1 is 1.56 bits per heavy atom. The topological polar surface area (TPSA) is 80.5 Å². The molecular weight excluding hydrogens is 228 g/mol. The minimum Gasteiger partial charge on any atom is -0.341 e. The van der Waals surface area contributed by atoms with E-state index in [-0.39, 0.29) is 12.5 Å². The molecule has 1 atom stereocenters. The summed E-state index contributed by atoms with van der Waals surface area (Å²) < 4.78 is 22.4. The molecule has 0 aromatic rings. The number of allylic oxidation sites excluding steroid dienone is 1. The summed E-state index contributed by atoms with van der Waals surface area (Å²) in [4.78, 5) is 13.3. The lowest BCUT2D eigenvalue weighted by Gasteiger charge is -2.31. The molecular formula is C10H18N2O3S. The Balaban J connectivity index is 2.57. The Morgan fingerprint density at radius 2 is 2.25 bits per heavy atom. The van der Waals surface area contributed by atoms with E-state index < -0.39 is 15.3 Å². The SMILES string of the molecule is C=CCCC(=O)N1CCCC(S(N)(=O)=O)C1. The van der Waals surface area contributed by atoms with Gasteiger partial charge in [0.1, 0.15) is 0 Å². The third-order valence-corrected chi connectivity index (χ3v) is 4.07. The third-order valence-electron chi connectivity index (χ3n) is 2.76. The number of piperidine rings is 1. The van der Waals surface area contributed by atoms with Crippen LogP contribution in [0.4, 0.5) is 0 Å². The van der Waals surface area contributed by atoms with Crippen molar-refractivity contribution in [3.63, 3.8) is 0 Å². The van der Waals surface area contributed by atoms with Crippen molar-refractivity contribution in [1.29, 1.82) is 0 Å². The highest BCUT2D eigenvalue weighted by molar-refractivity contribution is 7.89. The maximum atomic E-state index is 11.7. The highest BCUT2D eigenvalue weighted by atomic mass is 32.2. The van der Waals surface area contributed by atoms with E-state index >= 15 is 0 Å². The Kier molecular flexibility index (Phi) is 4.49. The van der Waals surface area contributed by atoms with E-state index in [0.717, 1.165) is 0 Å². The summed E-state index contributed by atoms with van der Waals surface area (Å²) in [7, 11) is -3.53. The fourth-order valence-corrected chi connectivity index (χ4v) is 2.70. The van der Waals surface area contributed by atoms with Crippen LogP contribution in [-0.2, 0) is 14.8 Å². The standard InChI is InChI=1S/C10H18N2O3S/c1-2-3-6-10(13)12-7-4-5-9(8-12)16(11,14)15/h2,9H,1,3-8H2,(H2,11,14,15). The number of sulfonamides is 1. The van der Waals surface area contributed by atoms with Crippen LogP contribution in [-0.4, -0.2) is 37.6 Å². The Bertz CT molecular complexity index is 364. The first-order chi connectivity index (χ1) is 7.45. The van der Waals surface area contributed by atoms with Gasteiger partial charge in [0.15, 0.2) is 0 Å². The molecule has 5 nitrogen and oxygen atoms in total. The second kappa shape index (κ2) is 5.45. The van der Waals surface area contributed by atoms with E-state index in [1.807, 2.05) is 0 Å². The van der Waals surface area contributed by atoms with E-state index in [2.05, 4.69) is 6.58 Å². The lowest BCUT2D eigenvalue weighted by atomic mass is 10.1. The van der Waals surface area contributed by atoms with Crippen LogP contribution in [0, 0.1) is 0 Å². The molecule has 0 bridgehead atoms. The molecule has 1 saturated heterocycles. The summed E-state index contributed by atoms with van der Waals surface area (Å²) in [5, 5.41) is 4.49. The fourth-order valence-electron chi connectivity index (χ4n) is 1.82. The van der Waals surface area contributed by atoms with Gasteiger partial charge in [-0.3, -0.25) is 4.79 Å². The molecule has 1 heterocycles. The summed E-state index contributed by atoms with van der Waals surface area (Å²) >= 11 is 0. The van der Waals surface area contributed by atoms with E-state index in [1.165, 1.54) is 0 Å². The van der Waals surface area contributed by atoms with Gasteiger partial charge in [0, 0.05) is 19.5 Å². The third kappa shape index (κ3) is 3.61. The van der Waals surface area contributed by atoms with E-state index in [4.69, 9.17) is 5.14 Å². The van der Waals surface area contributed by atoms with Gasteiger partial charge in [0.05, 0.1) is 5.25 Å². The highest BCUT2D eigenvalue weighted by Gasteiger charge is 2.29. The molecule has 1 fully saturated rings. The molecule has 0 spiro atoms. The molecule has 2 N–H and O–H groups in total. The molecule has 0 radical (unpaired) electrons. The first kappa shape index (κ1) is 13.2. The van der Waals surface area contributed by atoms with Crippen LogP contribution in [0.3, 0.4) is 0 Å². The van der Waals surface area contributed by atoms with Gasteiger partial charge < -0.3 is 4.90 Å². The van der Waals surface area contributed by atoms with Gasteiger partial charge in [-0.1, -0.05) is 6.08 Å². The van der Waals surface area contributed by atoms with Crippen molar-refractivity contribution in [2.75, 3.05) is 13.1 Å². The van der Waals surface area contributed by atoms with Crippen LogP contribution in [0.1, 0.15) is 25.7 Å². The first-order valence-corrected chi connectivity index (χ1v) is 6.96. The van der Waals surface area contributed by atoms with Gasteiger partial charge in [-0.2, -0.15) is 0 Å². The van der Waals surface area contributed by atoms with Gasteiger partial charge in [0.2, 0.25) is 15.9 Å². The number of hydrogen-bond donors (Lipinski definition) is 1. The molecule has 0 aromatic carbocycles. The molecule has 1 aliphatic heterocycles. The molecule has 6 heteroatoms. The highest BCUT2D eigenvalue weighted by Crippen LogP contribution is 2.16. The number of nitrogens with zero attached hydrogens (tertiary/aromatic N) is 1. The molecule has 1 amide bonds. The number of rotatable bonds is 4. The second-order valence-electron chi connectivity index (χ2n) is 4.02. The first-order valence-electron chi connectivity index (χ1n) is 5.35. The summed E-state index contributed by atoms with van der Waals surface area (Å²) in [5.74, 6) is -0.0201. The number of hydrogen-bond acceptors (Lipinski definition) is 3. The van der Waals surface area contributed by atoms with Crippen molar-refractivity contribution < 1.29 is 13.2 Å². The second-order valence-corrected chi connectivity index (χ2v) is 5.87. The van der Waals surface area contributed by atoms with Crippen molar-refractivity contribution in [1.82, 2.24) is 4.90 Å². The largest absolute Gasteiger partial charge is 0.341 e. The molecule has 0 saturated carbocycles. The zero-order chi connectivity index (χ0) is 12.2. The fraction of sp³-hybridized carbons (Fsp3) is 0.700. The van der Waals surface area contributed by atoms with E-state index in [1.54, 1.807) is 11.0 Å². The van der Waals surface area contributed by atoms with Gasteiger partial charge in [-0.15, -0.1) is 6.58 Å². The average Bonchev–Trinajstić information content (AvgIpc) is 2.25. The average molecular weight is 246 g/mol. The number of primary sulfonamides is 1. The zero-order valence-corrected chi connectivity index (χ0v) is 10.1. The molecule has 16 heavy (non-hydrogen) atoms. The minimum atomic E-state index is -3.53. The summed E-state index contributed by atoms with van der Waals surface area (Å²) in [6.07, 6.45) is 3.93. The number of nitrogens with two attached hydrogens (primary N) is 1. The number of likely N-dealkylation sites (tertiary alicyclic amines) is 1. The Labute approximate surface area is 96.4 Å². The van der Waals surface area contributed by atoms with Gasteiger partial charge >= 0.3 is 0 Å². The number of amides is 1. The smallest absolute Gasteiger partial charge is 0.222 e. The summed E-state index contributed by atoms with van der Waals surface area (Å²) in [6, 6.07) is 0. The predicted octanol–water partition coefficient (Wildman–Crippen LogP) is 0.232. The molecule has 1 rings (SSSR count). The summed E-state index contributed by atoms with van der Waals surface area (Å²) in [5.41, 5.74) is 0. The Hall–Kier alpha value is -0.880. The zero-order valence-electron chi connectivity index (χ0n) is 9.26. The molecule has 92 valence electrons. The van der Waals surface area contributed by atoms with Crippen LogP contribution in [0.2, 0.25) is 0 Å². The number of carbonyl (C=O) groups is 1. The van der Waals surface area contributed by atoms with Crippen molar-refractivity contribution >= 4 is 15.9 Å². The normalized spacial score (nSPS) is 21.8. The van der Waals surface area contributed by atoms with Crippen LogP contribution in [0.25, 0.3) is 0 Å². The van der Waals surface area contributed by atoms with Gasteiger partial charge in [0.25, 0.3) is 0 Å². The van der Waals surface area contributed by atoms with Gasteiger partial charge in [-0.05, 0) is 19.3 Å². The van der Waals surface area contributed by atoms with Crippen molar-refractivity contribution in [3.05, 3.63) is 12.7 Å². The van der Waals surface area contributed by atoms with E-state index in [9.17, 15) is 13.2 Å². The molecule has 0 aromatic heterocycles. The molecule has 1 aliphatic rings. The quantitative estimate of drug-likeness (QED) is 0.721. The van der Waals surface area contributed by atoms with Crippen molar-refractivity contribution in [2.45, 2.75) is 30.9 Å². The minimum absolute atomic E-state index is 0.0201. The van der Waals surface area contributed by atoms with Crippen LogP contribution in [0.5, 0.6) is 0 Å². The van der Waals surface area contributed by atoms with Crippen molar-refractivity contribution in [2.24, 2.45) is 5.14 Å².